The van der Waals surface area contributed by atoms with Crippen LogP contribution in [0, 0.1) is 11.8 Å². The monoisotopic (exact) mass is 815 g/mol. The molecule has 6 atom stereocenters. The lowest BCUT2D eigenvalue weighted by Gasteiger charge is -2.38. The summed E-state index contributed by atoms with van der Waals surface area (Å²) >= 11 is 1.19. The first kappa shape index (κ1) is 47.0. The number of likely N-dealkylation sites (N-methyl/N-ethyl adjacent to an activating group) is 1. The van der Waals surface area contributed by atoms with Gasteiger partial charge in [0.05, 0.1) is 24.6 Å². The van der Waals surface area contributed by atoms with Gasteiger partial charge in [0.2, 0.25) is 5.91 Å². The number of likely N-dealkylation sites (tertiary alicyclic amines) is 1. The van der Waals surface area contributed by atoms with E-state index in [-0.39, 0.29) is 68.4 Å². The normalized spacial score (nSPS) is 17.6. The minimum atomic E-state index is -1.03. The number of hydrogen-bond acceptors (Lipinski definition) is 12. The number of carbonyl (C=O) groups is 5. The Bertz CT molecular complexity index is 1660. The highest BCUT2D eigenvalue weighted by molar-refractivity contribution is 7.09. The number of allylic oxidation sites excluding steroid dienone is 1. The van der Waals surface area contributed by atoms with Gasteiger partial charge in [-0.25, -0.2) is 10.0 Å². The summed E-state index contributed by atoms with van der Waals surface area (Å²) in [6.45, 7) is 10.8. The van der Waals surface area contributed by atoms with Gasteiger partial charge in [-0.3, -0.25) is 33.7 Å². The van der Waals surface area contributed by atoms with Gasteiger partial charge in [-0.15, -0.1) is 11.3 Å². The van der Waals surface area contributed by atoms with Crippen molar-refractivity contribution in [3.63, 3.8) is 0 Å². The van der Waals surface area contributed by atoms with Crippen LogP contribution in [0.25, 0.3) is 0 Å². The number of nitrogens with one attached hydrogen (secondary N) is 2. The molecule has 2 aromatic rings. The first-order valence-corrected chi connectivity index (χ1v) is 20.5. The molecule has 1 aliphatic rings. The van der Waals surface area contributed by atoms with Crippen molar-refractivity contribution in [2.45, 2.75) is 117 Å². The number of piperidine rings is 1. The highest BCUT2D eigenvalue weighted by Gasteiger charge is 2.38. The predicted octanol–water partition coefficient (Wildman–Crippen LogP) is 4.44. The molecule has 2 heterocycles. The minimum absolute atomic E-state index is 0.0222. The van der Waals surface area contributed by atoms with E-state index in [1.54, 1.807) is 44.4 Å². The lowest BCUT2D eigenvalue weighted by molar-refractivity contribution is -0.209. The number of amides is 3. The number of benzene rings is 1. The van der Waals surface area contributed by atoms with Crippen LogP contribution >= 0.6 is 11.3 Å². The second-order valence-corrected chi connectivity index (χ2v) is 16.1. The number of esters is 1. The van der Waals surface area contributed by atoms with Crippen LogP contribution in [-0.2, 0) is 35.2 Å². The molecule has 15 nitrogen and oxygen atoms in total. The number of ether oxygens (including phenoxy) is 1. The average Bonchev–Trinajstić information content (AvgIpc) is 3.67. The molecular weight excluding hydrogens is 755 g/mol. The van der Waals surface area contributed by atoms with Crippen molar-refractivity contribution >= 4 is 41.0 Å². The number of hydroxylamine groups is 2. The Labute approximate surface area is 339 Å². The van der Waals surface area contributed by atoms with Crippen LogP contribution in [0.3, 0.4) is 0 Å². The summed E-state index contributed by atoms with van der Waals surface area (Å²) in [5, 5.41) is 38.1. The number of rotatable bonds is 22. The number of thiazole rings is 1. The summed E-state index contributed by atoms with van der Waals surface area (Å²) < 4.78 is 5.49. The molecule has 1 saturated heterocycles. The second-order valence-electron chi connectivity index (χ2n) is 15.2. The van der Waals surface area contributed by atoms with Gasteiger partial charge in [0.1, 0.15) is 29.1 Å². The zero-order valence-corrected chi connectivity index (χ0v) is 35.0. The molecule has 3 rings (SSSR count). The Morgan fingerprint density at radius 1 is 1.07 bits per heavy atom. The molecule has 1 aliphatic heterocycles. The molecule has 0 spiro atoms. The molecule has 5 N–H and O–H groups in total. The number of phenols is 1. The van der Waals surface area contributed by atoms with E-state index in [1.165, 1.54) is 35.5 Å². The zero-order valence-electron chi connectivity index (χ0n) is 34.2. The summed E-state index contributed by atoms with van der Waals surface area (Å²) in [5.41, 5.74) is 1.51. The Balaban J connectivity index is 1.94. The highest BCUT2D eigenvalue weighted by Crippen LogP contribution is 2.31. The third-order valence-corrected chi connectivity index (χ3v) is 11.3. The molecule has 0 aliphatic carbocycles. The minimum Gasteiger partial charge on any atom is -0.508 e. The third-order valence-electron chi connectivity index (χ3n) is 10.3. The fourth-order valence-electron chi connectivity index (χ4n) is 6.72. The molecule has 0 radical (unpaired) electrons. The van der Waals surface area contributed by atoms with Crippen LogP contribution in [-0.4, -0.2) is 118 Å². The standard InChI is InChI=1S/C41H61N5O10S/c1-8-26(4)36(44-38(51)34-12-9-10-17-45(34)7)40(52)46(56-19-11-18-47)35(25(2)3)22-30(23-55-28(6)48)39-43-33(24-57-39)37(50)42-31(20-27(5)41(53)54)21-29-13-15-32(49)16-14-29/h8,13-16,24-25,27,30-31,34-36,47,49H,9-12,17-23H2,1-7H3,(H,42,50)(H,44,51)(H,53,54)/b26-8+/t27-,30?,31+,34+,35+,36-/m0/s1. The molecule has 57 heavy (non-hydrogen) atoms. The maximum absolute atomic E-state index is 14.6. The number of phenolic OH excluding ortho intramolecular Hbond substituents is 1. The summed E-state index contributed by atoms with van der Waals surface area (Å²) in [5.74, 6) is -4.24. The molecule has 316 valence electrons. The summed E-state index contributed by atoms with van der Waals surface area (Å²) in [6, 6.07) is 3.85. The lowest BCUT2D eigenvalue weighted by atomic mass is 9.92. The maximum atomic E-state index is 14.6. The maximum Gasteiger partial charge on any atom is 0.306 e. The lowest BCUT2D eigenvalue weighted by Crippen LogP contribution is -2.57. The number of carboxylic acid groups (broad SMARTS) is 1. The van der Waals surface area contributed by atoms with E-state index in [0.29, 0.717) is 23.4 Å². The fourth-order valence-corrected chi connectivity index (χ4v) is 7.62. The van der Waals surface area contributed by atoms with Gasteiger partial charge in [-0.1, -0.05) is 45.4 Å². The van der Waals surface area contributed by atoms with Gasteiger partial charge in [0.15, 0.2) is 0 Å². The average molecular weight is 816 g/mol. The number of nitrogens with zero attached hydrogens (tertiary/aromatic N) is 3. The van der Waals surface area contributed by atoms with Gasteiger partial charge in [-0.2, -0.15) is 0 Å². The van der Waals surface area contributed by atoms with Crippen molar-refractivity contribution < 1.29 is 48.9 Å². The van der Waals surface area contributed by atoms with E-state index in [9.17, 15) is 39.3 Å². The number of aromatic nitrogens is 1. The Kier molecular flexibility index (Phi) is 19.1. The molecule has 1 aromatic heterocycles. The Hall–Kier alpha value is -4.38. The topological polar surface area (TPSA) is 208 Å². The highest BCUT2D eigenvalue weighted by atomic mass is 32.1. The number of aliphatic carboxylic acids is 1. The summed E-state index contributed by atoms with van der Waals surface area (Å²) in [4.78, 5) is 78.4. The number of carbonyl (C=O) groups excluding carboxylic acids is 4. The SMILES string of the molecule is C/C=C(\C)[C@H](NC(=O)[C@H]1CCCCN1C)C(=O)N(OCCCO)[C@H](CC(COC(C)=O)c1nc(C(=O)N[C@@H](Cc2ccc(O)cc2)C[C@H](C)C(=O)O)cs1)C(C)C. The first-order valence-electron chi connectivity index (χ1n) is 19.7. The largest absolute Gasteiger partial charge is 0.508 e. The van der Waals surface area contributed by atoms with Crippen molar-refractivity contribution in [3.05, 3.63) is 57.6 Å². The molecule has 1 unspecified atom stereocenters. The third kappa shape index (κ3) is 14.5. The molecule has 0 saturated carbocycles. The van der Waals surface area contributed by atoms with Crippen molar-refractivity contribution in [1.29, 1.82) is 0 Å². The van der Waals surface area contributed by atoms with Crippen LogP contribution < -0.4 is 10.6 Å². The van der Waals surface area contributed by atoms with Crippen molar-refractivity contribution in [2.75, 3.05) is 33.4 Å². The fraction of sp³-hybridized carbons (Fsp3) is 0.610. The number of aliphatic hydroxyl groups excluding tert-OH is 1. The summed E-state index contributed by atoms with van der Waals surface area (Å²) in [6.07, 6.45) is 5.26. The molecule has 16 heteroatoms. The van der Waals surface area contributed by atoms with E-state index in [4.69, 9.17) is 9.57 Å². The first-order chi connectivity index (χ1) is 27.1. The van der Waals surface area contributed by atoms with Crippen LogP contribution in [0.5, 0.6) is 5.75 Å². The van der Waals surface area contributed by atoms with E-state index in [0.717, 1.165) is 24.9 Å². The van der Waals surface area contributed by atoms with Gasteiger partial charge >= 0.3 is 11.9 Å². The summed E-state index contributed by atoms with van der Waals surface area (Å²) in [7, 11) is 1.90. The van der Waals surface area contributed by atoms with Crippen molar-refractivity contribution in [1.82, 2.24) is 25.6 Å². The van der Waals surface area contributed by atoms with Crippen LogP contribution in [0.4, 0.5) is 0 Å². The van der Waals surface area contributed by atoms with Gasteiger partial charge in [0, 0.05) is 30.9 Å². The molecular formula is C41H61N5O10S. The van der Waals surface area contributed by atoms with Gasteiger partial charge in [0.25, 0.3) is 11.8 Å². The second kappa shape index (κ2) is 23.1. The number of hydrogen-bond donors (Lipinski definition) is 5. The molecule has 3 amide bonds. The van der Waals surface area contributed by atoms with E-state index in [1.807, 2.05) is 25.8 Å². The van der Waals surface area contributed by atoms with Crippen LogP contribution in [0.15, 0.2) is 41.3 Å². The molecule has 1 aromatic carbocycles. The predicted molar refractivity (Wildman–Crippen MR) is 215 cm³/mol. The van der Waals surface area contributed by atoms with Crippen LogP contribution in [0.1, 0.15) is 107 Å². The quantitative estimate of drug-likeness (QED) is 0.0484. The Morgan fingerprint density at radius 2 is 1.77 bits per heavy atom. The number of aliphatic hydroxyl groups is 1. The van der Waals surface area contributed by atoms with Crippen molar-refractivity contribution in [3.8, 4) is 5.75 Å². The van der Waals surface area contributed by atoms with Gasteiger partial charge < -0.3 is 30.7 Å². The number of carboxylic acids is 1. The molecule has 1 fully saturated rings. The van der Waals surface area contributed by atoms with Crippen molar-refractivity contribution in [2.24, 2.45) is 11.8 Å². The zero-order chi connectivity index (χ0) is 42.2. The Morgan fingerprint density at radius 3 is 2.37 bits per heavy atom. The number of aromatic hydroxyl groups is 1. The smallest absolute Gasteiger partial charge is 0.306 e. The van der Waals surface area contributed by atoms with E-state index < -0.39 is 53.7 Å². The molecule has 0 bridgehead atoms. The van der Waals surface area contributed by atoms with E-state index >= 15 is 0 Å². The van der Waals surface area contributed by atoms with E-state index in [2.05, 4.69) is 15.6 Å². The van der Waals surface area contributed by atoms with Gasteiger partial charge in [-0.05, 0) is 95.2 Å². The van der Waals surface area contributed by atoms with Crippen LogP contribution in [0.2, 0.25) is 0 Å².